The average Bonchev–Trinajstić information content (AvgIpc) is 3.16. The summed E-state index contributed by atoms with van der Waals surface area (Å²) in [5, 5.41) is 3.34. The fourth-order valence-corrected chi connectivity index (χ4v) is 3.56. The number of hydrogen-bond donors (Lipinski definition) is 1. The number of benzene rings is 1. The van der Waals surface area contributed by atoms with Crippen molar-refractivity contribution in [1.82, 2.24) is 10.2 Å². The van der Waals surface area contributed by atoms with Gasteiger partial charge in [-0.1, -0.05) is 12.1 Å². The molecule has 1 amide bonds. The monoisotopic (exact) mass is 290 g/mol. The molecule has 2 unspecified atom stereocenters. The quantitative estimate of drug-likeness (QED) is 0.925. The second kappa shape index (κ2) is 6.56. The first-order chi connectivity index (χ1) is 10.2. The summed E-state index contributed by atoms with van der Waals surface area (Å²) in [7, 11) is 0. The molecule has 0 bridgehead atoms. The van der Waals surface area contributed by atoms with Crippen molar-refractivity contribution in [1.29, 1.82) is 0 Å². The van der Waals surface area contributed by atoms with Crippen molar-refractivity contribution in [3.05, 3.63) is 35.6 Å². The van der Waals surface area contributed by atoms with Gasteiger partial charge in [-0.25, -0.2) is 4.39 Å². The number of amides is 1. The Balaban J connectivity index is 1.61. The van der Waals surface area contributed by atoms with E-state index in [0.29, 0.717) is 12.3 Å². The van der Waals surface area contributed by atoms with Crippen LogP contribution in [0, 0.1) is 11.7 Å². The maximum atomic E-state index is 13.4. The van der Waals surface area contributed by atoms with E-state index in [4.69, 9.17) is 0 Å². The number of carbonyl (C=O) groups excluding carboxylic acids is 1. The standard InChI is InChI=1S/C17H23FN2O/c18-15-4-1-3-14(11-15)16-5-2-10-20(16)17(21)7-6-13-8-9-19-12-13/h1,3-4,11,13,16,19H,2,5-10,12H2. The third-order valence-corrected chi connectivity index (χ3v) is 4.74. The zero-order chi connectivity index (χ0) is 14.7. The van der Waals surface area contributed by atoms with E-state index < -0.39 is 0 Å². The van der Waals surface area contributed by atoms with Gasteiger partial charge in [0, 0.05) is 13.0 Å². The van der Waals surface area contributed by atoms with Gasteiger partial charge in [-0.2, -0.15) is 0 Å². The van der Waals surface area contributed by atoms with Gasteiger partial charge < -0.3 is 10.2 Å². The van der Waals surface area contributed by atoms with Crippen LogP contribution in [0.4, 0.5) is 4.39 Å². The van der Waals surface area contributed by atoms with Gasteiger partial charge in [0.05, 0.1) is 6.04 Å². The van der Waals surface area contributed by atoms with Crippen molar-refractivity contribution in [3.63, 3.8) is 0 Å². The number of likely N-dealkylation sites (tertiary alicyclic amines) is 1. The maximum Gasteiger partial charge on any atom is 0.223 e. The van der Waals surface area contributed by atoms with E-state index in [-0.39, 0.29) is 17.8 Å². The highest BCUT2D eigenvalue weighted by atomic mass is 19.1. The molecule has 0 radical (unpaired) electrons. The van der Waals surface area contributed by atoms with Crippen molar-refractivity contribution in [2.45, 2.75) is 38.1 Å². The van der Waals surface area contributed by atoms with Crippen LogP contribution in [0.15, 0.2) is 24.3 Å². The van der Waals surface area contributed by atoms with Crippen LogP contribution in [0.2, 0.25) is 0 Å². The maximum absolute atomic E-state index is 13.4. The van der Waals surface area contributed by atoms with Gasteiger partial charge in [-0.05, 0) is 62.4 Å². The van der Waals surface area contributed by atoms with Crippen molar-refractivity contribution >= 4 is 5.91 Å². The molecule has 2 aliphatic heterocycles. The Morgan fingerprint density at radius 3 is 3.05 bits per heavy atom. The van der Waals surface area contributed by atoms with E-state index in [9.17, 15) is 9.18 Å². The van der Waals surface area contributed by atoms with E-state index in [1.165, 1.54) is 12.5 Å². The minimum Gasteiger partial charge on any atom is -0.336 e. The Morgan fingerprint density at radius 2 is 2.29 bits per heavy atom. The van der Waals surface area contributed by atoms with Gasteiger partial charge in [-0.3, -0.25) is 4.79 Å². The lowest BCUT2D eigenvalue weighted by Crippen LogP contribution is -2.30. The molecule has 1 N–H and O–H groups in total. The zero-order valence-corrected chi connectivity index (χ0v) is 12.4. The van der Waals surface area contributed by atoms with Gasteiger partial charge in [0.1, 0.15) is 5.82 Å². The molecule has 0 aliphatic carbocycles. The highest BCUT2D eigenvalue weighted by Crippen LogP contribution is 2.33. The van der Waals surface area contributed by atoms with Crippen LogP contribution in [-0.2, 0) is 4.79 Å². The third-order valence-electron chi connectivity index (χ3n) is 4.74. The summed E-state index contributed by atoms with van der Waals surface area (Å²) in [6, 6.07) is 6.75. The molecular formula is C17H23FN2O. The molecule has 0 aromatic heterocycles. The Morgan fingerprint density at radius 1 is 1.38 bits per heavy atom. The smallest absolute Gasteiger partial charge is 0.223 e. The molecule has 2 saturated heterocycles. The topological polar surface area (TPSA) is 32.3 Å². The van der Waals surface area contributed by atoms with Crippen LogP contribution in [-0.4, -0.2) is 30.4 Å². The van der Waals surface area contributed by atoms with Gasteiger partial charge in [-0.15, -0.1) is 0 Å². The molecular weight excluding hydrogens is 267 g/mol. The van der Waals surface area contributed by atoms with Gasteiger partial charge >= 0.3 is 0 Å². The predicted octanol–water partition coefficient (Wildman–Crippen LogP) is 2.88. The first-order valence-corrected chi connectivity index (χ1v) is 7.99. The highest BCUT2D eigenvalue weighted by molar-refractivity contribution is 5.77. The van der Waals surface area contributed by atoms with Crippen molar-refractivity contribution in [3.8, 4) is 0 Å². The Hall–Kier alpha value is -1.42. The molecule has 21 heavy (non-hydrogen) atoms. The largest absolute Gasteiger partial charge is 0.336 e. The minimum absolute atomic E-state index is 0.0647. The van der Waals surface area contributed by atoms with Gasteiger partial charge in [0.25, 0.3) is 0 Å². The molecule has 0 spiro atoms. The summed E-state index contributed by atoms with van der Waals surface area (Å²) in [6.45, 7) is 2.93. The number of carbonyl (C=O) groups is 1. The fraction of sp³-hybridized carbons (Fsp3) is 0.588. The number of nitrogens with one attached hydrogen (secondary N) is 1. The summed E-state index contributed by atoms with van der Waals surface area (Å²) in [4.78, 5) is 14.4. The van der Waals surface area contributed by atoms with Crippen molar-refractivity contribution < 1.29 is 9.18 Å². The van der Waals surface area contributed by atoms with Crippen LogP contribution >= 0.6 is 0 Å². The van der Waals surface area contributed by atoms with Crippen molar-refractivity contribution in [2.24, 2.45) is 5.92 Å². The second-order valence-corrected chi connectivity index (χ2v) is 6.20. The van der Waals surface area contributed by atoms with Gasteiger partial charge in [0.2, 0.25) is 5.91 Å². The van der Waals surface area contributed by atoms with E-state index in [2.05, 4.69) is 5.32 Å². The van der Waals surface area contributed by atoms with Crippen LogP contribution < -0.4 is 5.32 Å². The van der Waals surface area contributed by atoms with Gasteiger partial charge in [0.15, 0.2) is 0 Å². The van der Waals surface area contributed by atoms with Crippen LogP contribution in [0.3, 0.4) is 0 Å². The lowest BCUT2D eigenvalue weighted by Gasteiger charge is -2.25. The van der Waals surface area contributed by atoms with Crippen LogP contribution in [0.5, 0.6) is 0 Å². The highest BCUT2D eigenvalue weighted by Gasteiger charge is 2.30. The summed E-state index contributed by atoms with van der Waals surface area (Å²) in [5.74, 6) is 0.654. The average molecular weight is 290 g/mol. The molecule has 3 nitrogen and oxygen atoms in total. The SMILES string of the molecule is O=C(CCC1CCNC1)N1CCCC1c1cccc(F)c1. The van der Waals surface area contributed by atoms with Crippen molar-refractivity contribution in [2.75, 3.05) is 19.6 Å². The second-order valence-electron chi connectivity index (χ2n) is 6.20. The minimum atomic E-state index is -0.219. The Kier molecular flexibility index (Phi) is 4.54. The fourth-order valence-electron chi connectivity index (χ4n) is 3.56. The van der Waals surface area contributed by atoms with Crippen LogP contribution in [0.25, 0.3) is 0 Å². The normalized spacial score (nSPS) is 25.5. The molecule has 2 aliphatic rings. The lowest BCUT2D eigenvalue weighted by molar-refractivity contribution is -0.132. The molecule has 2 fully saturated rings. The summed E-state index contributed by atoms with van der Waals surface area (Å²) in [5.41, 5.74) is 0.934. The molecule has 2 atom stereocenters. The summed E-state index contributed by atoms with van der Waals surface area (Å²) in [6.07, 6.45) is 4.73. The van der Waals surface area contributed by atoms with E-state index in [0.717, 1.165) is 44.5 Å². The zero-order valence-electron chi connectivity index (χ0n) is 12.4. The third kappa shape index (κ3) is 3.43. The Labute approximate surface area is 125 Å². The molecule has 1 aromatic carbocycles. The molecule has 4 heteroatoms. The number of halogens is 1. The predicted molar refractivity (Wildman–Crippen MR) is 80.3 cm³/mol. The summed E-state index contributed by atoms with van der Waals surface area (Å²) < 4.78 is 13.4. The Bertz CT molecular complexity index is 499. The molecule has 1 aromatic rings. The van der Waals surface area contributed by atoms with E-state index >= 15 is 0 Å². The summed E-state index contributed by atoms with van der Waals surface area (Å²) >= 11 is 0. The van der Waals surface area contributed by atoms with Crippen LogP contribution in [0.1, 0.15) is 43.7 Å². The first-order valence-electron chi connectivity index (χ1n) is 7.99. The van der Waals surface area contributed by atoms with E-state index in [1.807, 2.05) is 11.0 Å². The first kappa shape index (κ1) is 14.5. The molecule has 3 rings (SSSR count). The number of rotatable bonds is 4. The number of hydrogen-bond acceptors (Lipinski definition) is 2. The molecule has 114 valence electrons. The van der Waals surface area contributed by atoms with E-state index in [1.54, 1.807) is 12.1 Å². The lowest BCUT2D eigenvalue weighted by atomic mass is 10.0. The number of nitrogens with zero attached hydrogens (tertiary/aromatic N) is 1. The molecule has 2 heterocycles. The molecule has 0 saturated carbocycles.